The van der Waals surface area contributed by atoms with Crippen LogP contribution >= 0.6 is 0 Å². The molecule has 3 heterocycles. The minimum atomic E-state index is -0.537. The molecule has 23 heavy (non-hydrogen) atoms. The molecule has 3 aliphatic heterocycles. The van der Waals surface area contributed by atoms with Crippen molar-refractivity contribution in [1.29, 1.82) is 0 Å². The zero-order chi connectivity index (χ0) is 15.8. The van der Waals surface area contributed by atoms with Gasteiger partial charge in [0.2, 0.25) is 0 Å². The van der Waals surface area contributed by atoms with Gasteiger partial charge in [-0.15, -0.1) is 0 Å². The van der Waals surface area contributed by atoms with Crippen molar-refractivity contribution in [3.05, 3.63) is 29.8 Å². The van der Waals surface area contributed by atoms with E-state index in [2.05, 4.69) is 10.2 Å². The van der Waals surface area contributed by atoms with Gasteiger partial charge in [0.25, 0.3) is 0 Å². The summed E-state index contributed by atoms with van der Waals surface area (Å²) in [6.45, 7) is 2.97. The number of nitrogens with one attached hydrogen (secondary N) is 1. The number of hydrogen-bond acceptors (Lipinski definition) is 6. The van der Waals surface area contributed by atoms with Gasteiger partial charge in [-0.3, -0.25) is 4.90 Å². The van der Waals surface area contributed by atoms with Crippen molar-refractivity contribution in [3.8, 4) is 5.75 Å². The second-order valence-electron chi connectivity index (χ2n) is 6.64. The predicted molar refractivity (Wildman–Crippen MR) is 83.9 cm³/mol. The Labute approximate surface area is 136 Å². The number of aliphatic hydroxyl groups excluding tert-OH is 1. The van der Waals surface area contributed by atoms with Gasteiger partial charge < -0.3 is 25.0 Å². The minimum absolute atomic E-state index is 0.113. The summed E-state index contributed by atoms with van der Waals surface area (Å²) < 4.78 is 11.7. The number of phenolic OH excluding ortho intramolecular Hbond substituents is 1. The van der Waals surface area contributed by atoms with E-state index in [0.717, 1.165) is 31.5 Å². The fourth-order valence-electron chi connectivity index (χ4n) is 3.97. The second kappa shape index (κ2) is 6.37. The highest BCUT2D eigenvalue weighted by Gasteiger charge is 2.52. The van der Waals surface area contributed by atoms with Crippen LogP contribution in [0.15, 0.2) is 24.3 Å². The van der Waals surface area contributed by atoms with Crippen molar-refractivity contribution in [3.63, 3.8) is 0 Å². The lowest BCUT2D eigenvalue weighted by Crippen LogP contribution is -2.63. The van der Waals surface area contributed by atoms with E-state index in [0.29, 0.717) is 13.2 Å². The van der Waals surface area contributed by atoms with Crippen molar-refractivity contribution in [2.75, 3.05) is 19.7 Å². The van der Waals surface area contributed by atoms with E-state index in [1.807, 2.05) is 12.1 Å². The Morgan fingerprint density at radius 1 is 1.22 bits per heavy atom. The number of aromatic hydroxyl groups is 1. The van der Waals surface area contributed by atoms with Gasteiger partial charge in [0, 0.05) is 12.1 Å². The van der Waals surface area contributed by atoms with Gasteiger partial charge in [0.1, 0.15) is 11.9 Å². The van der Waals surface area contributed by atoms with Gasteiger partial charge in [0.15, 0.2) is 6.29 Å². The molecule has 0 saturated carbocycles. The van der Waals surface area contributed by atoms with Crippen LogP contribution in [0.3, 0.4) is 0 Å². The Hall–Kier alpha value is -1.18. The molecule has 0 spiro atoms. The van der Waals surface area contributed by atoms with Crippen LogP contribution in [-0.4, -0.2) is 65.4 Å². The molecule has 0 amide bonds. The molecule has 126 valence electrons. The SMILES string of the molecule is Oc1ccccc1CN[C@H]1[C@H](O)[C@@H](N2CCCC2)[C@@H]2OC[C@H]1O2. The van der Waals surface area contributed by atoms with E-state index >= 15 is 0 Å². The molecule has 3 saturated heterocycles. The minimum Gasteiger partial charge on any atom is -0.508 e. The molecular weight excluding hydrogens is 296 g/mol. The summed E-state index contributed by atoms with van der Waals surface area (Å²) in [5.41, 5.74) is 0.818. The van der Waals surface area contributed by atoms with E-state index in [1.54, 1.807) is 12.1 Å². The van der Waals surface area contributed by atoms with Gasteiger partial charge >= 0.3 is 0 Å². The molecule has 3 aliphatic rings. The van der Waals surface area contributed by atoms with Gasteiger partial charge in [0.05, 0.1) is 24.8 Å². The first-order chi connectivity index (χ1) is 11.2. The molecule has 0 aromatic heterocycles. The van der Waals surface area contributed by atoms with Crippen LogP contribution in [0.4, 0.5) is 0 Å². The molecule has 3 N–H and O–H groups in total. The zero-order valence-electron chi connectivity index (χ0n) is 13.1. The number of aliphatic hydroxyl groups is 1. The van der Waals surface area contributed by atoms with Gasteiger partial charge in [-0.1, -0.05) is 18.2 Å². The Balaban J connectivity index is 1.47. The lowest BCUT2D eigenvalue weighted by molar-refractivity contribution is -0.179. The summed E-state index contributed by atoms with van der Waals surface area (Å²) in [5.74, 6) is 0.267. The lowest BCUT2D eigenvalue weighted by Gasteiger charge is -2.42. The number of likely N-dealkylation sites (tertiary alicyclic amines) is 1. The lowest BCUT2D eigenvalue weighted by atomic mass is 9.94. The van der Waals surface area contributed by atoms with Crippen molar-refractivity contribution in [1.82, 2.24) is 10.2 Å². The highest BCUT2D eigenvalue weighted by molar-refractivity contribution is 5.31. The predicted octanol–water partition coefficient (Wildman–Crippen LogP) is 0.431. The third-order valence-corrected chi connectivity index (χ3v) is 5.21. The Morgan fingerprint density at radius 3 is 2.78 bits per heavy atom. The summed E-state index contributed by atoms with van der Waals surface area (Å²) in [6, 6.07) is 6.94. The number of rotatable bonds is 4. The van der Waals surface area contributed by atoms with E-state index < -0.39 is 6.10 Å². The maximum atomic E-state index is 10.9. The first-order valence-electron chi connectivity index (χ1n) is 8.43. The van der Waals surface area contributed by atoms with E-state index in [9.17, 15) is 10.2 Å². The summed E-state index contributed by atoms with van der Waals surface area (Å²) >= 11 is 0. The molecule has 4 rings (SSSR count). The Morgan fingerprint density at radius 2 is 2.00 bits per heavy atom. The summed E-state index contributed by atoms with van der Waals surface area (Å²) in [6.07, 6.45) is 1.33. The van der Waals surface area contributed by atoms with Gasteiger partial charge in [-0.05, 0) is 32.0 Å². The second-order valence-corrected chi connectivity index (χ2v) is 6.64. The van der Waals surface area contributed by atoms with Crippen LogP contribution < -0.4 is 5.32 Å². The monoisotopic (exact) mass is 320 g/mol. The first-order valence-corrected chi connectivity index (χ1v) is 8.43. The Bertz CT molecular complexity index is 547. The maximum Gasteiger partial charge on any atom is 0.176 e. The van der Waals surface area contributed by atoms with Crippen LogP contribution in [0.1, 0.15) is 18.4 Å². The van der Waals surface area contributed by atoms with Crippen molar-refractivity contribution in [2.24, 2.45) is 0 Å². The fourth-order valence-corrected chi connectivity index (χ4v) is 3.97. The highest BCUT2D eigenvalue weighted by atomic mass is 16.7. The number of benzene rings is 1. The quantitative estimate of drug-likeness (QED) is 0.747. The molecule has 3 fully saturated rings. The maximum absolute atomic E-state index is 10.9. The molecule has 6 heteroatoms. The molecule has 1 aromatic carbocycles. The van der Waals surface area contributed by atoms with Crippen LogP contribution in [0.25, 0.3) is 0 Å². The first kappa shape index (κ1) is 15.4. The largest absolute Gasteiger partial charge is 0.508 e. The number of nitrogens with zero attached hydrogens (tertiary/aromatic N) is 1. The highest BCUT2D eigenvalue weighted by Crippen LogP contribution is 2.33. The summed E-state index contributed by atoms with van der Waals surface area (Å²) in [4.78, 5) is 2.28. The van der Waals surface area contributed by atoms with E-state index in [-0.39, 0.29) is 30.2 Å². The van der Waals surface area contributed by atoms with Crippen molar-refractivity contribution < 1.29 is 19.7 Å². The van der Waals surface area contributed by atoms with Crippen LogP contribution in [0.5, 0.6) is 5.75 Å². The van der Waals surface area contributed by atoms with Crippen LogP contribution in [0.2, 0.25) is 0 Å². The zero-order valence-corrected chi connectivity index (χ0v) is 13.1. The van der Waals surface area contributed by atoms with Crippen LogP contribution in [-0.2, 0) is 16.0 Å². The molecule has 0 radical (unpaired) electrons. The third-order valence-electron chi connectivity index (χ3n) is 5.21. The molecular formula is C17H24N2O4. The molecule has 6 nitrogen and oxygen atoms in total. The van der Waals surface area contributed by atoms with Gasteiger partial charge in [-0.25, -0.2) is 0 Å². The van der Waals surface area contributed by atoms with Crippen molar-refractivity contribution >= 4 is 0 Å². The fraction of sp³-hybridized carbons (Fsp3) is 0.647. The molecule has 0 unspecified atom stereocenters. The molecule has 2 bridgehead atoms. The van der Waals surface area contributed by atoms with Gasteiger partial charge in [-0.2, -0.15) is 0 Å². The summed E-state index contributed by atoms with van der Waals surface area (Å²) in [5, 5.41) is 24.2. The normalized spacial score (nSPS) is 37.3. The third kappa shape index (κ3) is 2.86. The average Bonchev–Trinajstić information content (AvgIpc) is 3.21. The van der Waals surface area contributed by atoms with E-state index in [4.69, 9.17) is 9.47 Å². The Kier molecular flexibility index (Phi) is 4.26. The van der Waals surface area contributed by atoms with Crippen molar-refractivity contribution in [2.45, 2.75) is 50.0 Å². The molecule has 1 aromatic rings. The van der Waals surface area contributed by atoms with Crippen LogP contribution in [0, 0.1) is 0 Å². The number of phenols is 1. The number of fused-ring (bicyclic) bond motifs is 2. The topological polar surface area (TPSA) is 74.2 Å². The standard InChI is InChI=1S/C17H24N2O4/c20-12-6-2-1-5-11(12)9-18-14-13-10-22-17(23-13)15(16(14)21)19-7-3-4-8-19/h1-2,5-6,13-18,20-21H,3-4,7-10H2/t13-,14-,15-,16+,17-/m1/s1. The summed E-state index contributed by atoms with van der Waals surface area (Å²) in [7, 11) is 0. The smallest absolute Gasteiger partial charge is 0.176 e. The molecule has 5 atom stereocenters. The number of hydrogen-bond donors (Lipinski definition) is 3. The number of ether oxygens (including phenoxy) is 2. The number of para-hydroxylation sites is 1. The average molecular weight is 320 g/mol. The van der Waals surface area contributed by atoms with E-state index in [1.165, 1.54) is 0 Å². The molecule has 0 aliphatic carbocycles.